The average Bonchev–Trinajstić information content (AvgIpc) is 3.00. The summed E-state index contributed by atoms with van der Waals surface area (Å²) in [4.78, 5) is 4.73. The molecule has 1 aromatic carbocycles. The molecular weight excluding hydrogens is 339 g/mol. The van der Waals surface area contributed by atoms with Crippen molar-refractivity contribution in [2.24, 2.45) is 0 Å². The topological polar surface area (TPSA) is 17.8 Å². The monoisotopic (exact) mass is 354 g/mol. The summed E-state index contributed by atoms with van der Waals surface area (Å²) in [5.74, 6) is -0.206. The maximum absolute atomic E-state index is 13.3. The summed E-state index contributed by atoms with van der Waals surface area (Å²) >= 11 is 3.32. The van der Waals surface area contributed by atoms with Gasteiger partial charge in [-0.1, -0.05) is 30.4 Å². The van der Waals surface area contributed by atoms with E-state index in [0.717, 1.165) is 32.2 Å². The molecule has 5 heteroatoms. The normalized spacial score (nSPS) is 14.2. The molecule has 0 saturated heterocycles. The molecule has 0 atom stereocenters. The molecule has 2 nitrogen and oxygen atoms in total. The number of allylic oxidation sites excluding steroid dienone is 6. The molecule has 0 radical (unpaired) electrons. The predicted octanol–water partition coefficient (Wildman–Crippen LogP) is 6.00. The van der Waals surface area contributed by atoms with E-state index < -0.39 is 0 Å². The Morgan fingerprint density at radius 1 is 1.25 bits per heavy atom. The Labute approximate surface area is 148 Å². The molecule has 0 spiro atoms. The van der Waals surface area contributed by atoms with Crippen molar-refractivity contribution in [1.82, 2.24) is 8.96 Å². The second-order valence-electron chi connectivity index (χ2n) is 5.51. The summed E-state index contributed by atoms with van der Waals surface area (Å²) in [5, 5.41) is 1.95. The van der Waals surface area contributed by atoms with Gasteiger partial charge in [-0.25, -0.2) is 9.37 Å². The molecule has 0 saturated carbocycles. The van der Waals surface area contributed by atoms with Gasteiger partial charge in [0.2, 0.25) is 0 Å². The van der Waals surface area contributed by atoms with Crippen LogP contribution in [0.5, 0.6) is 0 Å². The highest BCUT2D eigenvalue weighted by Gasteiger charge is 2.13. The van der Waals surface area contributed by atoms with Crippen LogP contribution in [0.15, 0.2) is 65.1 Å². The van der Waals surface area contributed by atoms with Gasteiger partial charge in [-0.05, 0) is 37.6 Å². The predicted molar refractivity (Wildman–Crippen MR) is 101 cm³/mol. The molecule has 0 N–H and O–H groups in total. The maximum Gasteiger partial charge on any atom is 0.124 e. The van der Waals surface area contributed by atoms with Gasteiger partial charge >= 0.3 is 0 Å². The first-order valence-corrected chi connectivity index (χ1v) is 9.26. The molecule has 0 unspecified atom stereocenters. The third-order valence-corrected chi connectivity index (χ3v) is 6.25. The Morgan fingerprint density at radius 2 is 2.17 bits per heavy atom. The fourth-order valence-corrected chi connectivity index (χ4v) is 4.78. The molecule has 2 aromatic heterocycles. The van der Waals surface area contributed by atoms with Gasteiger partial charge in [-0.15, -0.1) is 11.3 Å². The third-order valence-electron chi connectivity index (χ3n) is 3.80. The van der Waals surface area contributed by atoms with E-state index in [1.165, 1.54) is 11.6 Å². The zero-order valence-electron chi connectivity index (χ0n) is 13.1. The standard InChI is InChI=1S/C19H15FN2S2/c1-13-19(23-18(21-13)14-6-4-2-3-5-7-14)24-22-11-10-15-12-16(20)8-9-17(15)22/h2-4,6-12H,5H2,1H3. The van der Waals surface area contributed by atoms with Crippen molar-refractivity contribution in [2.45, 2.75) is 17.6 Å². The molecule has 0 amide bonds. The molecular formula is C19H15FN2S2. The highest BCUT2D eigenvalue weighted by atomic mass is 32.2. The summed E-state index contributed by atoms with van der Waals surface area (Å²) < 4.78 is 16.6. The Bertz CT molecular complexity index is 992. The number of halogens is 1. The number of fused-ring (bicyclic) bond motifs is 1. The van der Waals surface area contributed by atoms with E-state index in [0.29, 0.717) is 0 Å². The Kier molecular flexibility index (Phi) is 4.12. The van der Waals surface area contributed by atoms with Gasteiger partial charge in [0, 0.05) is 29.1 Å². The van der Waals surface area contributed by atoms with Crippen LogP contribution in [0, 0.1) is 12.7 Å². The van der Waals surface area contributed by atoms with Crippen molar-refractivity contribution >= 4 is 39.8 Å². The number of hydrogen-bond donors (Lipinski definition) is 0. The summed E-state index contributed by atoms with van der Waals surface area (Å²) in [6.07, 6.45) is 13.4. The lowest BCUT2D eigenvalue weighted by atomic mass is 10.2. The number of hydrogen-bond acceptors (Lipinski definition) is 3. The highest BCUT2D eigenvalue weighted by Crippen LogP contribution is 2.36. The molecule has 0 bridgehead atoms. The minimum absolute atomic E-state index is 0.206. The Balaban J connectivity index is 1.66. The Hall–Kier alpha value is -2.11. The molecule has 2 heterocycles. The van der Waals surface area contributed by atoms with Crippen molar-refractivity contribution in [2.75, 3.05) is 0 Å². The average molecular weight is 354 g/mol. The molecule has 3 aromatic rings. The van der Waals surface area contributed by atoms with Crippen LogP contribution >= 0.6 is 23.3 Å². The third kappa shape index (κ3) is 2.97. The first kappa shape index (κ1) is 15.4. The number of nitrogens with zero attached hydrogens (tertiary/aromatic N) is 2. The molecule has 0 fully saturated rings. The second kappa shape index (κ2) is 6.42. The number of aryl methyl sites for hydroxylation is 1. The summed E-state index contributed by atoms with van der Waals surface area (Å²) in [6, 6.07) is 6.81. The van der Waals surface area contributed by atoms with E-state index in [-0.39, 0.29) is 5.82 Å². The van der Waals surface area contributed by atoms with Gasteiger partial charge in [-0.3, -0.25) is 3.97 Å². The van der Waals surface area contributed by atoms with Crippen LogP contribution in [0.2, 0.25) is 0 Å². The first-order chi connectivity index (χ1) is 11.7. The quantitative estimate of drug-likeness (QED) is 0.574. The van der Waals surface area contributed by atoms with Gasteiger partial charge in [0.1, 0.15) is 15.0 Å². The van der Waals surface area contributed by atoms with E-state index in [1.807, 2.05) is 25.3 Å². The fraction of sp³-hybridized carbons (Fsp3) is 0.105. The van der Waals surface area contributed by atoms with Gasteiger partial charge in [-0.2, -0.15) is 0 Å². The largest absolute Gasteiger partial charge is 0.286 e. The minimum Gasteiger partial charge on any atom is -0.286 e. The van der Waals surface area contributed by atoms with Gasteiger partial charge in [0.15, 0.2) is 0 Å². The van der Waals surface area contributed by atoms with E-state index in [4.69, 9.17) is 4.98 Å². The zero-order chi connectivity index (χ0) is 16.5. The number of rotatable bonds is 3. The summed E-state index contributed by atoms with van der Waals surface area (Å²) in [7, 11) is 0. The highest BCUT2D eigenvalue weighted by molar-refractivity contribution is 7.99. The van der Waals surface area contributed by atoms with E-state index in [9.17, 15) is 4.39 Å². The SMILES string of the molecule is Cc1nc(C2=CCC=CC=C2)sc1Sn1ccc2cc(F)ccc21. The van der Waals surface area contributed by atoms with Crippen LogP contribution in [0.1, 0.15) is 17.1 Å². The molecule has 4 rings (SSSR count). The molecule has 0 aliphatic heterocycles. The summed E-state index contributed by atoms with van der Waals surface area (Å²) in [6.45, 7) is 2.03. The number of aromatic nitrogens is 2. The molecule has 120 valence electrons. The van der Waals surface area contributed by atoms with Crippen molar-refractivity contribution in [1.29, 1.82) is 0 Å². The van der Waals surface area contributed by atoms with Crippen LogP contribution in [-0.4, -0.2) is 8.96 Å². The van der Waals surface area contributed by atoms with Gasteiger partial charge < -0.3 is 0 Å². The Morgan fingerprint density at radius 3 is 3.08 bits per heavy atom. The van der Waals surface area contributed by atoms with Crippen molar-refractivity contribution < 1.29 is 4.39 Å². The minimum atomic E-state index is -0.206. The van der Waals surface area contributed by atoms with E-state index in [2.05, 4.69) is 34.4 Å². The van der Waals surface area contributed by atoms with Gasteiger partial charge in [0.25, 0.3) is 0 Å². The number of thiazole rings is 1. The zero-order valence-corrected chi connectivity index (χ0v) is 14.7. The second-order valence-corrected chi connectivity index (χ2v) is 7.75. The van der Waals surface area contributed by atoms with Crippen LogP contribution in [0.4, 0.5) is 4.39 Å². The van der Waals surface area contributed by atoms with Crippen molar-refractivity contribution in [3.63, 3.8) is 0 Å². The molecule has 24 heavy (non-hydrogen) atoms. The molecule has 1 aliphatic rings. The lowest BCUT2D eigenvalue weighted by Gasteiger charge is -2.02. The smallest absolute Gasteiger partial charge is 0.124 e. The first-order valence-electron chi connectivity index (χ1n) is 7.67. The van der Waals surface area contributed by atoms with Crippen molar-refractivity contribution in [3.05, 3.63) is 77.4 Å². The van der Waals surface area contributed by atoms with Crippen LogP contribution in [0.3, 0.4) is 0 Å². The fourth-order valence-electron chi connectivity index (χ4n) is 2.59. The van der Waals surface area contributed by atoms with E-state index in [1.54, 1.807) is 29.4 Å². The lowest BCUT2D eigenvalue weighted by Crippen LogP contribution is -1.84. The lowest BCUT2D eigenvalue weighted by molar-refractivity contribution is 0.629. The van der Waals surface area contributed by atoms with Crippen LogP contribution in [-0.2, 0) is 0 Å². The van der Waals surface area contributed by atoms with Crippen LogP contribution in [0.25, 0.3) is 16.5 Å². The van der Waals surface area contributed by atoms with Gasteiger partial charge in [0.05, 0.1) is 11.2 Å². The van der Waals surface area contributed by atoms with Crippen molar-refractivity contribution in [3.8, 4) is 0 Å². The maximum atomic E-state index is 13.3. The summed E-state index contributed by atoms with van der Waals surface area (Å²) in [5.41, 5.74) is 3.20. The number of benzene rings is 1. The molecule has 1 aliphatic carbocycles. The van der Waals surface area contributed by atoms with Crippen LogP contribution < -0.4 is 0 Å². The van der Waals surface area contributed by atoms with E-state index >= 15 is 0 Å².